The quantitative estimate of drug-likeness (QED) is 0.559. The Labute approximate surface area is 145 Å². The number of benzene rings is 1. The maximum atomic E-state index is 5.95. The van der Waals surface area contributed by atoms with Crippen LogP contribution in [0.5, 0.6) is 0 Å². The predicted octanol–water partition coefficient (Wildman–Crippen LogP) is 3.80. The van der Waals surface area contributed by atoms with Crippen molar-refractivity contribution >= 4 is 11.3 Å². The third kappa shape index (κ3) is 2.55. The lowest BCUT2D eigenvalue weighted by molar-refractivity contribution is 0.871. The van der Waals surface area contributed by atoms with Gasteiger partial charge in [-0.25, -0.2) is 9.50 Å². The standard InChI is InChI=1S/C19H20N6/c1-11(2)16-17(13-5-4-6-15(20)8-13)23-24-18(16)14-7-12(3)19-21-10-22-25(19)9-14/h4-11H,20H2,1-3H3,(H,23,24). The predicted molar refractivity (Wildman–Crippen MR) is 99.2 cm³/mol. The van der Waals surface area contributed by atoms with Crippen molar-refractivity contribution in [2.45, 2.75) is 26.7 Å². The summed E-state index contributed by atoms with van der Waals surface area (Å²) in [5, 5.41) is 12.1. The minimum absolute atomic E-state index is 0.303. The minimum Gasteiger partial charge on any atom is -0.399 e. The van der Waals surface area contributed by atoms with Crippen LogP contribution >= 0.6 is 0 Å². The van der Waals surface area contributed by atoms with Gasteiger partial charge in [0.25, 0.3) is 0 Å². The first kappa shape index (κ1) is 15.4. The summed E-state index contributed by atoms with van der Waals surface area (Å²) in [6.07, 6.45) is 3.55. The van der Waals surface area contributed by atoms with E-state index in [1.807, 2.05) is 37.4 Å². The molecule has 0 aliphatic carbocycles. The first-order valence-corrected chi connectivity index (χ1v) is 8.29. The van der Waals surface area contributed by atoms with Gasteiger partial charge in [0.2, 0.25) is 0 Å². The first-order valence-electron chi connectivity index (χ1n) is 8.29. The Morgan fingerprint density at radius 2 is 2.00 bits per heavy atom. The number of anilines is 1. The van der Waals surface area contributed by atoms with Gasteiger partial charge in [0.1, 0.15) is 6.33 Å². The summed E-state index contributed by atoms with van der Waals surface area (Å²) in [5.41, 5.74) is 13.8. The topological polar surface area (TPSA) is 84.9 Å². The van der Waals surface area contributed by atoms with Crippen LogP contribution in [0.2, 0.25) is 0 Å². The van der Waals surface area contributed by atoms with Crippen LogP contribution in [0.3, 0.4) is 0 Å². The van der Waals surface area contributed by atoms with E-state index >= 15 is 0 Å². The van der Waals surface area contributed by atoms with Crippen molar-refractivity contribution in [1.29, 1.82) is 0 Å². The second-order valence-electron chi connectivity index (χ2n) is 6.58. The zero-order valence-corrected chi connectivity index (χ0v) is 14.5. The van der Waals surface area contributed by atoms with Crippen LogP contribution in [0.15, 0.2) is 42.9 Å². The Bertz CT molecular complexity index is 1060. The molecule has 1 aromatic carbocycles. The molecule has 0 aliphatic rings. The third-order valence-electron chi connectivity index (χ3n) is 4.39. The van der Waals surface area contributed by atoms with Crippen LogP contribution in [-0.2, 0) is 0 Å². The van der Waals surface area contributed by atoms with Gasteiger partial charge in [0.15, 0.2) is 5.65 Å². The lowest BCUT2D eigenvalue weighted by Gasteiger charge is -2.11. The fourth-order valence-corrected chi connectivity index (χ4v) is 3.27. The highest BCUT2D eigenvalue weighted by Gasteiger charge is 2.20. The Morgan fingerprint density at radius 3 is 2.76 bits per heavy atom. The van der Waals surface area contributed by atoms with E-state index < -0.39 is 0 Å². The summed E-state index contributed by atoms with van der Waals surface area (Å²) < 4.78 is 1.80. The normalized spacial score (nSPS) is 11.5. The van der Waals surface area contributed by atoms with Crippen LogP contribution in [-0.4, -0.2) is 24.8 Å². The van der Waals surface area contributed by atoms with E-state index in [0.29, 0.717) is 5.92 Å². The molecule has 0 saturated carbocycles. The molecule has 0 saturated heterocycles. The first-order chi connectivity index (χ1) is 12.0. The third-order valence-corrected chi connectivity index (χ3v) is 4.39. The molecule has 25 heavy (non-hydrogen) atoms. The molecule has 4 rings (SSSR count). The Hall–Kier alpha value is -3.15. The van der Waals surface area contributed by atoms with E-state index in [9.17, 15) is 0 Å². The van der Waals surface area contributed by atoms with E-state index in [-0.39, 0.29) is 0 Å². The SMILES string of the molecule is Cc1cc(-c2[nH]nc(-c3cccc(N)c3)c2C(C)C)cn2ncnc12. The lowest BCUT2D eigenvalue weighted by atomic mass is 9.94. The molecule has 0 fully saturated rings. The van der Waals surface area contributed by atoms with Crippen molar-refractivity contribution in [1.82, 2.24) is 24.8 Å². The van der Waals surface area contributed by atoms with Crippen LogP contribution in [0.25, 0.3) is 28.2 Å². The molecule has 0 bridgehead atoms. The zero-order chi connectivity index (χ0) is 17.6. The smallest absolute Gasteiger partial charge is 0.158 e. The van der Waals surface area contributed by atoms with Gasteiger partial charge in [-0.05, 0) is 36.6 Å². The van der Waals surface area contributed by atoms with E-state index in [4.69, 9.17) is 5.73 Å². The molecule has 0 spiro atoms. The average Bonchev–Trinajstić information content (AvgIpc) is 3.21. The number of hydrogen-bond acceptors (Lipinski definition) is 4. The molecule has 6 heteroatoms. The average molecular weight is 332 g/mol. The van der Waals surface area contributed by atoms with Gasteiger partial charge < -0.3 is 5.73 Å². The number of H-pyrrole nitrogens is 1. The Balaban J connectivity index is 1.93. The number of nitrogens with zero attached hydrogens (tertiary/aromatic N) is 4. The maximum absolute atomic E-state index is 5.95. The molecule has 4 aromatic rings. The van der Waals surface area contributed by atoms with Gasteiger partial charge in [0, 0.05) is 28.6 Å². The number of nitrogen functional groups attached to an aromatic ring is 1. The van der Waals surface area contributed by atoms with Gasteiger partial charge >= 0.3 is 0 Å². The lowest BCUT2D eigenvalue weighted by Crippen LogP contribution is -1.96. The number of nitrogens with two attached hydrogens (primary N) is 1. The molecular formula is C19H20N6. The number of hydrogen-bond donors (Lipinski definition) is 2. The summed E-state index contributed by atoms with van der Waals surface area (Å²) in [5.74, 6) is 0.303. The van der Waals surface area contributed by atoms with E-state index in [1.165, 1.54) is 5.56 Å². The molecule has 0 amide bonds. The summed E-state index contributed by atoms with van der Waals surface area (Å²) in [4.78, 5) is 4.29. The molecule has 3 N–H and O–H groups in total. The fourth-order valence-electron chi connectivity index (χ4n) is 3.27. The second-order valence-corrected chi connectivity index (χ2v) is 6.58. The number of nitrogens with one attached hydrogen (secondary N) is 1. The van der Waals surface area contributed by atoms with Crippen molar-refractivity contribution in [3.05, 3.63) is 54.0 Å². The fraction of sp³-hybridized carbons (Fsp3) is 0.211. The van der Waals surface area contributed by atoms with Gasteiger partial charge in [-0.3, -0.25) is 5.10 Å². The monoisotopic (exact) mass is 332 g/mol. The maximum Gasteiger partial charge on any atom is 0.158 e. The van der Waals surface area contributed by atoms with Gasteiger partial charge in [-0.15, -0.1) is 0 Å². The van der Waals surface area contributed by atoms with Gasteiger partial charge in [-0.2, -0.15) is 10.2 Å². The number of pyridine rings is 1. The minimum atomic E-state index is 0.303. The van der Waals surface area contributed by atoms with Crippen LogP contribution in [0.1, 0.15) is 30.9 Å². The molecular weight excluding hydrogens is 312 g/mol. The zero-order valence-electron chi connectivity index (χ0n) is 14.5. The number of aromatic nitrogens is 5. The summed E-state index contributed by atoms with van der Waals surface area (Å²) in [6.45, 7) is 6.38. The van der Waals surface area contributed by atoms with Crippen molar-refractivity contribution < 1.29 is 0 Å². The molecule has 126 valence electrons. The van der Waals surface area contributed by atoms with Crippen molar-refractivity contribution in [3.8, 4) is 22.5 Å². The number of aryl methyl sites for hydroxylation is 1. The largest absolute Gasteiger partial charge is 0.399 e. The van der Waals surface area contributed by atoms with Gasteiger partial charge in [0.05, 0.1) is 11.4 Å². The van der Waals surface area contributed by atoms with Crippen LogP contribution in [0, 0.1) is 6.92 Å². The van der Waals surface area contributed by atoms with Crippen molar-refractivity contribution in [2.24, 2.45) is 0 Å². The van der Waals surface area contributed by atoms with E-state index in [1.54, 1.807) is 10.8 Å². The van der Waals surface area contributed by atoms with E-state index in [0.717, 1.165) is 39.4 Å². The Morgan fingerprint density at radius 1 is 1.16 bits per heavy atom. The Kier molecular flexibility index (Phi) is 3.53. The summed E-state index contributed by atoms with van der Waals surface area (Å²) in [6, 6.07) is 9.95. The summed E-state index contributed by atoms with van der Waals surface area (Å²) in [7, 11) is 0. The second kappa shape index (κ2) is 5.73. The molecule has 3 heterocycles. The highest BCUT2D eigenvalue weighted by molar-refractivity contribution is 5.76. The van der Waals surface area contributed by atoms with Crippen molar-refractivity contribution in [3.63, 3.8) is 0 Å². The number of rotatable bonds is 3. The molecule has 6 nitrogen and oxygen atoms in total. The van der Waals surface area contributed by atoms with Crippen molar-refractivity contribution in [2.75, 3.05) is 5.73 Å². The number of fused-ring (bicyclic) bond motifs is 1. The van der Waals surface area contributed by atoms with E-state index in [2.05, 4.69) is 40.2 Å². The van der Waals surface area contributed by atoms with Gasteiger partial charge in [-0.1, -0.05) is 26.0 Å². The molecule has 3 aromatic heterocycles. The molecule has 0 atom stereocenters. The molecule has 0 radical (unpaired) electrons. The number of aromatic amines is 1. The molecule has 0 aliphatic heterocycles. The van der Waals surface area contributed by atoms with Crippen LogP contribution < -0.4 is 5.73 Å². The highest BCUT2D eigenvalue weighted by Crippen LogP contribution is 2.36. The summed E-state index contributed by atoms with van der Waals surface area (Å²) >= 11 is 0. The molecule has 0 unspecified atom stereocenters. The highest BCUT2D eigenvalue weighted by atomic mass is 15.3. The van der Waals surface area contributed by atoms with Crippen LogP contribution in [0.4, 0.5) is 5.69 Å².